The zero-order valence-corrected chi connectivity index (χ0v) is 12.4. The highest BCUT2D eigenvalue weighted by atomic mass is 15.2. The van der Waals surface area contributed by atoms with Crippen LogP contribution in [0, 0.1) is 0 Å². The van der Waals surface area contributed by atoms with Crippen molar-refractivity contribution in [2.24, 2.45) is 0 Å². The average molecular weight is 260 g/mol. The second-order valence-electron chi connectivity index (χ2n) is 5.69. The molecule has 1 aliphatic rings. The molecule has 2 unspecified atom stereocenters. The van der Waals surface area contributed by atoms with Crippen molar-refractivity contribution in [1.29, 1.82) is 0 Å². The van der Waals surface area contributed by atoms with Crippen LogP contribution in [0.25, 0.3) is 0 Å². The second kappa shape index (κ2) is 7.66. The maximum Gasteiger partial charge on any atom is 0.0198 e. The predicted molar refractivity (Wildman–Crippen MR) is 82.5 cm³/mol. The first-order valence-corrected chi connectivity index (χ1v) is 7.84. The van der Waals surface area contributed by atoms with Crippen LogP contribution in [0.4, 0.5) is 0 Å². The van der Waals surface area contributed by atoms with Crippen LogP contribution in [-0.4, -0.2) is 36.6 Å². The summed E-state index contributed by atoms with van der Waals surface area (Å²) in [6, 6.07) is 12.2. The number of piperidine rings is 1. The molecule has 106 valence electrons. The van der Waals surface area contributed by atoms with E-state index in [0.717, 1.165) is 6.42 Å². The van der Waals surface area contributed by atoms with Gasteiger partial charge in [0.2, 0.25) is 0 Å². The van der Waals surface area contributed by atoms with E-state index in [-0.39, 0.29) is 0 Å². The molecule has 1 aliphatic heterocycles. The van der Waals surface area contributed by atoms with E-state index in [2.05, 4.69) is 54.4 Å². The minimum Gasteiger partial charge on any atom is -0.310 e. The van der Waals surface area contributed by atoms with Crippen molar-refractivity contribution in [3.63, 3.8) is 0 Å². The van der Waals surface area contributed by atoms with Crippen LogP contribution in [0.5, 0.6) is 0 Å². The highest BCUT2D eigenvalue weighted by Gasteiger charge is 2.20. The molecule has 0 saturated carbocycles. The first-order valence-electron chi connectivity index (χ1n) is 7.84. The van der Waals surface area contributed by atoms with Crippen LogP contribution in [-0.2, 0) is 6.42 Å². The third kappa shape index (κ3) is 4.63. The van der Waals surface area contributed by atoms with Crippen LogP contribution in [0.3, 0.4) is 0 Å². The number of nitrogens with one attached hydrogen (secondary N) is 1. The van der Waals surface area contributed by atoms with Crippen molar-refractivity contribution in [3.8, 4) is 0 Å². The molecule has 1 fully saturated rings. The topological polar surface area (TPSA) is 15.3 Å². The van der Waals surface area contributed by atoms with Crippen LogP contribution in [0.1, 0.15) is 38.7 Å². The Kier molecular flexibility index (Phi) is 5.87. The van der Waals surface area contributed by atoms with E-state index in [1.54, 1.807) is 0 Å². The summed E-state index contributed by atoms with van der Waals surface area (Å²) < 4.78 is 0. The van der Waals surface area contributed by atoms with E-state index in [0.29, 0.717) is 12.1 Å². The highest BCUT2D eigenvalue weighted by Crippen LogP contribution is 2.13. The lowest BCUT2D eigenvalue weighted by atomic mass is 10.00. The second-order valence-corrected chi connectivity index (χ2v) is 5.69. The number of likely N-dealkylation sites (tertiary alicyclic amines) is 1. The van der Waals surface area contributed by atoms with E-state index in [1.807, 2.05) is 0 Å². The maximum absolute atomic E-state index is 3.88. The number of benzene rings is 1. The van der Waals surface area contributed by atoms with E-state index in [9.17, 15) is 0 Å². The van der Waals surface area contributed by atoms with Crippen molar-refractivity contribution < 1.29 is 0 Å². The van der Waals surface area contributed by atoms with E-state index >= 15 is 0 Å². The van der Waals surface area contributed by atoms with Gasteiger partial charge in [-0.3, -0.25) is 0 Å². The maximum atomic E-state index is 3.88. The zero-order chi connectivity index (χ0) is 13.5. The minimum atomic E-state index is 0.615. The molecule has 0 amide bonds. The molecule has 1 N–H and O–H groups in total. The van der Waals surface area contributed by atoms with Gasteiger partial charge in [-0.05, 0) is 44.3 Å². The van der Waals surface area contributed by atoms with Gasteiger partial charge in [-0.15, -0.1) is 0 Å². The van der Waals surface area contributed by atoms with Crippen molar-refractivity contribution in [2.75, 3.05) is 19.6 Å². The molecule has 0 bridgehead atoms. The SMILES string of the molecule is CCC(Cc1ccccc1)NC1CCCN(CC)C1. The highest BCUT2D eigenvalue weighted by molar-refractivity contribution is 5.15. The standard InChI is InChI=1S/C17H28N2/c1-3-16(13-15-9-6-5-7-10-15)18-17-11-8-12-19(4-2)14-17/h5-7,9-10,16-18H,3-4,8,11-14H2,1-2H3. The number of nitrogens with zero attached hydrogens (tertiary/aromatic N) is 1. The van der Waals surface area contributed by atoms with Gasteiger partial charge in [-0.2, -0.15) is 0 Å². The number of likely N-dealkylation sites (N-methyl/N-ethyl adjacent to an activating group) is 1. The van der Waals surface area contributed by atoms with Gasteiger partial charge in [-0.1, -0.05) is 44.2 Å². The van der Waals surface area contributed by atoms with Crippen molar-refractivity contribution in [3.05, 3.63) is 35.9 Å². The monoisotopic (exact) mass is 260 g/mol. The van der Waals surface area contributed by atoms with Crippen LogP contribution < -0.4 is 5.32 Å². The molecule has 0 aliphatic carbocycles. The van der Waals surface area contributed by atoms with Gasteiger partial charge in [-0.25, -0.2) is 0 Å². The number of rotatable bonds is 6. The Morgan fingerprint density at radius 1 is 1.26 bits per heavy atom. The molecule has 1 aromatic rings. The predicted octanol–water partition coefficient (Wildman–Crippen LogP) is 3.08. The average Bonchev–Trinajstić information content (AvgIpc) is 2.48. The lowest BCUT2D eigenvalue weighted by Crippen LogP contribution is -2.49. The molecular formula is C17H28N2. The normalized spacial score (nSPS) is 22.3. The minimum absolute atomic E-state index is 0.615. The third-order valence-electron chi connectivity index (χ3n) is 4.24. The molecule has 0 radical (unpaired) electrons. The smallest absolute Gasteiger partial charge is 0.0198 e. The van der Waals surface area contributed by atoms with Gasteiger partial charge in [0.05, 0.1) is 0 Å². The summed E-state index contributed by atoms with van der Waals surface area (Å²) in [5, 5.41) is 3.88. The Balaban J connectivity index is 1.85. The Bertz CT molecular complexity index is 350. The lowest BCUT2D eigenvalue weighted by Gasteiger charge is -2.34. The van der Waals surface area contributed by atoms with Crippen LogP contribution >= 0.6 is 0 Å². The van der Waals surface area contributed by atoms with Gasteiger partial charge in [0.15, 0.2) is 0 Å². The quantitative estimate of drug-likeness (QED) is 0.845. The summed E-state index contributed by atoms with van der Waals surface area (Å²) in [5.74, 6) is 0. The van der Waals surface area contributed by atoms with Crippen LogP contribution in [0.2, 0.25) is 0 Å². The van der Waals surface area contributed by atoms with Gasteiger partial charge >= 0.3 is 0 Å². The lowest BCUT2D eigenvalue weighted by molar-refractivity contribution is 0.189. The molecule has 2 nitrogen and oxygen atoms in total. The summed E-state index contributed by atoms with van der Waals surface area (Å²) in [5.41, 5.74) is 1.45. The molecular weight excluding hydrogens is 232 g/mol. The zero-order valence-electron chi connectivity index (χ0n) is 12.4. The fourth-order valence-corrected chi connectivity index (χ4v) is 3.03. The summed E-state index contributed by atoms with van der Waals surface area (Å²) in [7, 11) is 0. The molecule has 2 atom stereocenters. The fourth-order valence-electron chi connectivity index (χ4n) is 3.03. The largest absolute Gasteiger partial charge is 0.310 e. The molecule has 1 heterocycles. The van der Waals surface area contributed by atoms with Gasteiger partial charge in [0.1, 0.15) is 0 Å². The Morgan fingerprint density at radius 2 is 2.05 bits per heavy atom. The van der Waals surface area contributed by atoms with Gasteiger partial charge in [0, 0.05) is 18.6 Å². The van der Waals surface area contributed by atoms with Crippen molar-refractivity contribution in [2.45, 2.75) is 51.6 Å². The molecule has 0 spiro atoms. The molecule has 19 heavy (non-hydrogen) atoms. The Labute approximate surface area is 118 Å². The Morgan fingerprint density at radius 3 is 2.74 bits per heavy atom. The third-order valence-corrected chi connectivity index (χ3v) is 4.24. The van der Waals surface area contributed by atoms with E-state index < -0.39 is 0 Å². The van der Waals surface area contributed by atoms with E-state index in [1.165, 1.54) is 44.5 Å². The van der Waals surface area contributed by atoms with Gasteiger partial charge in [0.25, 0.3) is 0 Å². The molecule has 2 rings (SSSR count). The molecule has 0 aromatic heterocycles. The summed E-state index contributed by atoms with van der Waals surface area (Å²) in [6.07, 6.45) is 5.03. The van der Waals surface area contributed by atoms with Crippen molar-refractivity contribution in [1.82, 2.24) is 10.2 Å². The number of hydrogen-bond donors (Lipinski definition) is 1. The Hall–Kier alpha value is -0.860. The molecule has 1 aromatic carbocycles. The number of hydrogen-bond acceptors (Lipinski definition) is 2. The first-order chi connectivity index (χ1) is 9.31. The molecule has 2 heteroatoms. The first kappa shape index (κ1) is 14.5. The fraction of sp³-hybridized carbons (Fsp3) is 0.647. The summed E-state index contributed by atoms with van der Waals surface area (Å²) >= 11 is 0. The van der Waals surface area contributed by atoms with Crippen molar-refractivity contribution >= 4 is 0 Å². The van der Waals surface area contributed by atoms with E-state index in [4.69, 9.17) is 0 Å². The van der Waals surface area contributed by atoms with Gasteiger partial charge < -0.3 is 10.2 Å². The summed E-state index contributed by atoms with van der Waals surface area (Å²) in [6.45, 7) is 8.25. The molecule has 1 saturated heterocycles. The summed E-state index contributed by atoms with van der Waals surface area (Å²) in [4.78, 5) is 2.57. The van der Waals surface area contributed by atoms with Crippen LogP contribution in [0.15, 0.2) is 30.3 Å².